The number of guanidine groups is 1. The summed E-state index contributed by atoms with van der Waals surface area (Å²) in [5.41, 5.74) is 0.871. The zero-order valence-electron chi connectivity index (χ0n) is 13.0. The number of nitro groups is 1. The fourth-order valence-electron chi connectivity index (χ4n) is 2.04. The van der Waals surface area contributed by atoms with Crippen molar-refractivity contribution in [3.05, 3.63) is 64.1 Å². The van der Waals surface area contributed by atoms with Crippen LogP contribution in [0.5, 0.6) is 0 Å². The van der Waals surface area contributed by atoms with Gasteiger partial charge >= 0.3 is 0 Å². The highest BCUT2D eigenvalue weighted by atomic mass is 16.6. The number of hydrogen-bond donors (Lipinski definition) is 2. The lowest BCUT2D eigenvalue weighted by molar-refractivity contribution is -0.384. The molecule has 1 aromatic heterocycles. The second-order valence-corrected chi connectivity index (χ2v) is 4.88. The van der Waals surface area contributed by atoms with Crippen molar-refractivity contribution in [2.45, 2.75) is 19.9 Å². The molecule has 0 unspecified atom stereocenters. The number of non-ortho nitro benzene ring substituents is 1. The second kappa shape index (κ2) is 8.57. The van der Waals surface area contributed by atoms with Crippen LogP contribution in [0.2, 0.25) is 0 Å². The maximum Gasteiger partial charge on any atom is 0.269 e. The van der Waals surface area contributed by atoms with E-state index < -0.39 is 4.92 Å². The Bertz CT molecular complexity index is 653. The molecule has 0 saturated heterocycles. The van der Waals surface area contributed by atoms with Crippen molar-refractivity contribution in [2.75, 3.05) is 13.1 Å². The Morgan fingerprint density at radius 3 is 2.87 bits per heavy atom. The Morgan fingerprint density at radius 2 is 2.17 bits per heavy atom. The largest absolute Gasteiger partial charge is 0.469 e. The van der Waals surface area contributed by atoms with Gasteiger partial charge in [-0.15, -0.1) is 0 Å². The highest BCUT2D eigenvalue weighted by molar-refractivity contribution is 5.79. The van der Waals surface area contributed by atoms with Crippen LogP contribution in [-0.4, -0.2) is 24.0 Å². The van der Waals surface area contributed by atoms with Crippen molar-refractivity contribution in [3.8, 4) is 0 Å². The van der Waals surface area contributed by atoms with Gasteiger partial charge in [-0.1, -0.05) is 12.1 Å². The van der Waals surface area contributed by atoms with Gasteiger partial charge in [-0.25, -0.2) is 4.99 Å². The number of rotatable bonds is 7. The van der Waals surface area contributed by atoms with Crippen LogP contribution in [0.1, 0.15) is 18.2 Å². The van der Waals surface area contributed by atoms with Crippen LogP contribution in [0.15, 0.2) is 52.1 Å². The topological polar surface area (TPSA) is 92.7 Å². The summed E-state index contributed by atoms with van der Waals surface area (Å²) >= 11 is 0. The number of furan rings is 1. The molecule has 2 N–H and O–H groups in total. The number of benzene rings is 1. The summed E-state index contributed by atoms with van der Waals surface area (Å²) in [6.45, 7) is 3.78. The van der Waals surface area contributed by atoms with Gasteiger partial charge in [0.05, 0.1) is 17.7 Å². The van der Waals surface area contributed by atoms with Gasteiger partial charge in [-0.3, -0.25) is 10.1 Å². The smallest absolute Gasteiger partial charge is 0.269 e. The number of nitrogens with one attached hydrogen (secondary N) is 2. The summed E-state index contributed by atoms with van der Waals surface area (Å²) in [5, 5.41) is 17.1. The predicted molar refractivity (Wildman–Crippen MR) is 88.3 cm³/mol. The number of nitro benzene ring substituents is 1. The van der Waals surface area contributed by atoms with Crippen molar-refractivity contribution < 1.29 is 9.34 Å². The lowest BCUT2D eigenvalue weighted by Gasteiger charge is -2.10. The van der Waals surface area contributed by atoms with Crippen LogP contribution in [0, 0.1) is 10.1 Å². The van der Waals surface area contributed by atoms with Crippen molar-refractivity contribution in [1.29, 1.82) is 0 Å². The van der Waals surface area contributed by atoms with Crippen LogP contribution in [0.25, 0.3) is 0 Å². The average Bonchev–Trinajstić information content (AvgIpc) is 3.06. The molecule has 0 radical (unpaired) electrons. The minimum atomic E-state index is -0.403. The lowest BCUT2D eigenvalue weighted by Crippen LogP contribution is -2.38. The Morgan fingerprint density at radius 1 is 1.30 bits per heavy atom. The van der Waals surface area contributed by atoms with Gasteiger partial charge in [0.2, 0.25) is 0 Å². The Hall–Kier alpha value is -2.83. The summed E-state index contributed by atoms with van der Waals surface area (Å²) in [7, 11) is 0. The molecule has 0 fully saturated rings. The maximum atomic E-state index is 10.8. The second-order valence-electron chi connectivity index (χ2n) is 4.88. The first-order valence-electron chi connectivity index (χ1n) is 7.47. The fraction of sp³-hybridized carbons (Fsp3) is 0.312. The molecule has 1 heterocycles. The highest BCUT2D eigenvalue weighted by Crippen LogP contribution is 2.13. The Labute approximate surface area is 134 Å². The van der Waals surface area contributed by atoms with Gasteiger partial charge in [0.15, 0.2) is 5.96 Å². The van der Waals surface area contributed by atoms with Crippen molar-refractivity contribution in [2.24, 2.45) is 4.99 Å². The molecule has 0 amide bonds. The zero-order valence-corrected chi connectivity index (χ0v) is 13.0. The molecule has 0 aliphatic carbocycles. The lowest BCUT2D eigenvalue weighted by atomic mass is 10.2. The number of hydrogen-bond acceptors (Lipinski definition) is 4. The van der Waals surface area contributed by atoms with E-state index in [4.69, 9.17) is 4.42 Å². The van der Waals surface area contributed by atoms with E-state index in [0.717, 1.165) is 24.3 Å². The van der Waals surface area contributed by atoms with E-state index in [1.165, 1.54) is 12.1 Å². The molecule has 0 saturated carbocycles. The first-order chi connectivity index (χ1) is 11.2. The SMILES string of the molecule is CCNC(=NCc1cccc([N+](=O)[O-])c1)NCCc1ccco1. The van der Waals surface area contributed by atoms with Gasteiger partial charge in [-0.2, -0.15) is 0 Å². The van der Waals surface area contributed by atoms with E-state index in [1.54, 1.807) is 12.3 Å². The minimum absolute atomic E-state index is 0.0773. The van der Waals surface area contributed by atoms with E-state index in [0.29, 0.717) is 19.0 Å². The van der Waals surface area contributed by atoms with Crippen LogP contribution >= 0.6 is 0 Å². The van der Waals surface area contributed by atoms with Crippen molar-refractivity contribution in [1.82, 2.24) is 10.6 Å². The van der Waals surface area contributed by atoms with Crippen LogP contribution in [-0.2, 0) is 13.0 Å². The normalized spacial score (nSPS) is 11.3. The third-order valence-corrected chi connectivity index (χ3v) is 3.13. The van der Waals surface area contributed by atoms with Gasteiger partial charge < -0.3 is 15.1 Å². The van der Waals surface area contributed by atoms with Gasteiger partial charge in [0.1, 0.15) is 5.76 Å². The molecule has 0 aliphatic heterocycles. The fourth-order valence-corrected chi connectivity index (χ4v) is 2.04. The highest BCUT2D eigenvalue weighted by Gasteiger charge is 2.05. The minimum Gasteiger partial charge on any atom is -0.469 e. The monoisotopic (exact) mass is 316 g/mol. The quantitative estimate of drug-likeness (QED) is 0.354. The van der Waals surface area contributed by atoms with Crippen molar-refractivity contribution in [3.63, 3.8) is 0 Å². The van der Waals surface area contributed by atoms with E-state index in [2.05, 4.69) is 15.6 Å². The maximum absolute atomic E-state index is 10.8. The third kappa shape index (κ3) is 5.46. The van der Waals surface area contributed by atoms with E-state index >= 15 is 0 Å². The zero-order chi connectivity index (χ0) is 16.5. The molecule has 1 aromatic carbocycles. The first kappa shape index (κ1) is 16.5. The summed E-state index contributed by atoms with van der Waals surface area (Å²) in [6.07, 6.45) is 2.41. The van der Waals surface area contributed by atoms with Crippen LogP contribution in [0.3, 0.4) is 0 Å². The van der Waals surface area contributed by atoms with E-state index in [1.807, 2.05) is 25.1 Å². The van der Waals surface area contributed by atoms with E-state index in [9.17, 15) is 10.1 Å². The summed E-state index contributed by atoms with van der Waals surface area (Å²) in [6, 6.07) is 10.3. The molecular weight excluding hydrogens is 296 g/mol. The molecule has 0 atom stereocenters. The summed E-state index contributed by atoms with van der Waals surface area (Å²) in [5.74, 6) is 1.58. The first-order valence-corrected chi connectivity index (χ1v) is 7.47. The molecule has 0 aliphatic rings. The summed E-state index contributed by atoms with van der Waals surface area (Å²) < 4.78 is 5.28. The van der Waals surface area contributed by atoms with Crippen molar-refractivity contribution >= 4 is 11.6 Å². The standard InChI is InChI=1S/C16H20N4O3/c1-2-17-16(18-9-8-15-7-4-10-23-15)19-12-13-5-3-6-14(11-13)20(21)22/h3-7,10-11H,2,8-9,12H2,1H3,(H2,17,18,19). The predicted octanol–water partition coefficient (Wildman–Crippen LogP) is 2.49. The van der Waals surface area contributed by atoms with E-state index in [-0.39, 0.29) is 5.69 Å². The average molecular weight is 316 g/mol. The Balaban J connectivity index is 1.92. The van der Waals surface area contributed by atoms with Gasteiger partial charge in [-0.05, 0) is 24.6 Å². The summed E-state index contributed by atoms with van der Waals surface area (Å²) in [4.78, 5) is 14.8. The number of nitrogens with zero attached hydrogens (tertiary/aromatic N) is 2. The molecule has 7 heteroatoms. The molecule has 0 spiro atoms. The van der Waals surface area contributed by atoms with Crippen LogP contribution in [0.4, 0.5) is 5.69 Å². The molecule has 7 nitrogen and oxygen atoms in total. The molecule has 122 valence electrons. The molecule has 2 aromatic rings. The van der Waals surface area contributed by atoms with Gasteiger partial charge in [0.25, 0.3) is 5.69 Å². The number of aliphatic imine (C=N–C) groups is 1. The molecule has 2 rings (SSSR count). The van der Waals surface area contributed by atoms with Gasteiger partial charge in [0, 0.05) is 31.6 Å². The molecular formula is C16H20N4O3. The molecule has 23 heavy (non-hydrogen) atoms. The third-order valence-electron chi connectivity index (χ3n) is 3.13. The molecule has 0 bridgehead atoms. The van der Waals surface area contributed by atoms with Crippen LogP contribution < -0.4 is 10.6 Å². The Kier molecular flexibility index (Phi) is 6.17.